The number of anilines is 1. The van der Waals surface area contributed by atoms with Crippen LogP contribution in [0.4, 0.5) is 18.9 Å². The van der Waals surface area contributed by atoms with E-state index >= 15 is 0 Å². The lowest BCUT2D eigenvalue weighted by atomic mass is 10.1. The van der Waals surface area contributed by atoms with Crippen molar-refractivity contribution in [2.45, 2.75) is 52.4 Å². The number of rotatable bonds is 8. The van der Waals surface area contributed by atoms with Crippen LogP contribution in [0.25, 0.3) is 0 Å². The Hall–Kier alpha value is -2.35. The Balaban J connectivity index is 1.77. The van der Waals surface area contributed by atoms with Gasteiger partial charge in [-0.25, -0.2) is 0 Å². The van der Waals surface area contributed by atoms with Crippen molar-refractivity contribution in [1.82, 2.24) is 15.1 Å². The average Bonchev–Trinajstić information content (AvgIpc) is 2.88. The summed E-state index contributed by atoms with van der Waals surface area (Å²) in [6.07, 6.45) is -3.58. The van der Waals surface area contributed by atoms with Gasteiger partial charge in [0, 0.05) is 24.7 Å². The van der Waals surface area contributed by atoms with E-state index in [0.717, 1.165) is 30.4 Å². The number of aryl methyl sites for hydroxylation is 3. The van der Waals surface area contributed by atoms with E-state index in [-0.39, 0.29) is 18.2 Å². The van der Waals surface area contributed by atoms with Gasteiger partial charge in [-0.1, -0.05) is 12.1 Å². The fourth-order valence-electron chi connectivity index (χ4n) is 2.87. The molecule has 0 bridgehead atoms. The fourth-order valence-corrected chi connectivity index (χ4v) is 2.87. The van der Waals surface area contributed by atoms with E-state index in [1.807, 2.05) is 31.5 Å². The van der Waals surface area contributed by atoms with Crippen molar-refractivity contribution in [2.75, 3.05) is 11.9 Å². The lowest BCUT2D eigenvalue weighted by molar-refractivity contribution is -0.137. The molecule has 0 radical (unpaired) electrons. The maximum Gasteiger partial charge on any atom is 0.418 e. The lowest BCUT2D eigenvalue weighted by Gasteiger charge is -2.16. The summed E-state index contributed by atoms with van der Waals surface area (Å²) >= 11 is 0. The van der Waals surface area contributed by atoms with Crippen molar-refractivity contribution in [1.29, 1.82) is 0 Å². The van der Waals surface area contributed by atoms with Gasteiger partial charge < -0.3 is 10.6 Å². The summed E-state index contributed by atoms with van der Waals surface area (Å²) in [5.74, 6) is -0.453. The summed E-state index contributed by atoms with van der Waals surface area (Å²) in [5.41, 5.74) is 1.02. The third-order valence-electron chi connectivity index (χ3n) is 4.14. The molecule has 8 heteroatoms. The third-order valence-corrected chi connectivity index (χ3v) is 4.14. The predicted octanol–water partition coefficient (Wildman–Crippen LogP) is 3.92. The number of amides is 1. The van der Waals surface area contributed by atoms with Crippen LogP contribution in [0.1, 0.15) is 36.7 Å². The molecule has 2 rings (SSSR count). The molecule has 0 spiro atoms. The van der Waals surface area contributed by atoms with Gasteiger partial charge >= 0.3 is 6.18 Å². The van der Waals surface area contributed by atoms with Crippen LogP contribution >= 0.6 is 0 Å². The predicted molar refractivity (Wildman–Crippen MR) is 98.5 cm³/mol. The van der Waals surface area contributed by atoms with Crippen LogP contribution in [0, 0.1) is 13.8 Å². The molecule has 1 aromatic heterocycles. The lowest BCUT2D eigenvalue weighted by Crippen LogP contribution is -2.32. The summed E-state index contributed by atoms with van der Waals surface area (Å²) in [6, 6.07) is 6.84. The van der Waals surface area contributed by atoms with E-state index in [4.69, 9.17) is 0 Å². The maximum absolute atomic E-state index is 13.0. The Bertz CT molecular complexity index is 771. The zero-order valence-electron chi connectivity index (χ0n) is 15.7. The molecule has 27 heavy (non-hydrogen) atoms. The van der Waals surface area contributed by atoms with E-state index < -0.39 is 17.6 Å². The number of hydrogen-bond acceptors (Lipinski definition) is 3. The SMILES string of the molecule is Cc1cc(C)n(CCCNC(C)CC(=O)Nc2ccccc2C(F)(F)F)n1. The average molecular weight is 382 g/mol. The molecule has 1 heterocycles. The molecule has 1 amide bonds. The molecule has 1 atom stereocenters. The Labute approximate surface area is 157 Å². The quantitative estimate of drug-likeness (QED) is 0.681. The van der Waals surface area contributed by atoms with Gasteiger partial charge in [0.15, 0.2) is 0 Å². The number of hydrogen-bond donors (Lipinski definition) is 2. The number of carbonyl (C=O) groups excluding carboxylic acids is 1. The summed E-state index contributed by atoms with van der Waals surface area (Å²) in [7, 11) is 0. The second-order valence-electron chi connectivity index (χ2n) is 6.65. The van der Waals surface area contributed by atoms with Crippen molar-refractivity contribution < 1.29 is 18.0 Å². The molecular formula is C19H25F3N4O. The van der Waals surface area contributed by atoms with Crippen molar-refractivity contribution in [3.05, 3.63) is 47.3 Å². The molecule has 1 unspecified atom stereocenters. The van der Waals surface area contributed by atoms with Gasteiger partial charge in [-0.05, 0) is 51.9 Å². The number of benzene rings is 1. The first-order valence-corrected chi connectivity index (χ1v) is 8.87. The molecule has 0 saturated heterocycles. The molecule has 2 aromatic rings. The Kier molecular flexibility index (Phi) is 7.01. The minimum Gasteiger partial charge on any atom is -0.325 e. The Morgan fingerprint density at radius 3 is 2.59 bits per heavy atom. The highest BCUT2D eigenvalue weighted by atomic mass is 19.4. The summed E-state index contributed by atoms with van der Waals surface area (Å²) in [4.78, 5) is 12.1. The molecule has 0 fully saturated rings. The van der Waals surface area contributed by atoms with Gasteiger partial charge in [0.2, 0.25) is 5.91 Å². The van der Waals surface area contributed by atoms with Crippen LogP contribution < -0.4 is 10.6 Å². The van der Waals surface area contributed by atoms with Crippen LogP contribution in [0.3, 0.4) is 0 Å². The number of nitrogens with one attached hydrogen (secondary N) is 2. The highest BCUT2D eigenvalue weighted by Crippen LogP contribution is 2.34. The normalized spacial score (nSPS) is 12.8. The number of nitrogens with zero attached hydrogens (tertiary/aromatic N) is 2. The Morgan fingerprint density at radius 2 is 1.96 bits per heavy atom. The van der Waals surface area contributed by atoms with E-state index in [0.29, 0.717) is 6.54 Å². The number of carbonyl (C=O) groups is 1. The zero-order valence-corrected chi connectivity index (χ0v) is 15.7. The van der Waals surface area contributed by atoms with Crippen LogP contribution in [0.15, 0.2) is 30.3 Å². The molecular weight excluding hydrogens is 357 g/mol. The van der Waals surface area contributed by atoms with Gasteiger partial charge in [-0.3, -0.25) is 9.48 Å². The van der Waals surface area contributed by atoms with E-state index in [2.05, 4.69) is 15.7 Å². The first-order valence-electron chi connectivity index (χ1n) is 8.87. The maximum atomic E-state index is 13.0. The number of para-hydroxylation sites is 1. The second kappa shape index (κ2) is 9.03. The first-order chi connectivity index (χ1) is 12.7. The zero-order chi connectivity index (χ0) is 20.0. The second-order valence-corrected chi connectivity index (χ2v) is 6.65. The van der Waals surface area contributed by atoms with Gasteiger partial charge in [0.1, 0.15) is 0 Å². The third kappa shape index (κ3) is 6.39. The van der Waals surface area contributed by atoms with E-state index in [1.54, 1.807) is 0 Å². The topological polar surface area (TPSA) is 59.0 Å². The summed E-state index contributed by atoms with van der Waals surface area (Å²) in [6.45, 7) is 7.23. The molecule has 0 saturated carbocycles. The molecule has 5 nitrogen and oxygen atoms in total. The number of aromatic nitrogens is 2. The highest BCUT2D eigenvalue weighted by molar-refractivity contribution is 5.92. The highest BCUT2D eigenvalue weighted by Gasteiger charge is 2.33. The van der Waals surface area contributed by atoms with Crippen LogP contribution in [-0.4, -0.2) is 28.3 Å². The summed E-state index contributed by atoms with van der Waals surface area (Å²) in [5, 5.41) is 9.96. The molecule has 0 aliphatic heterocycles. The first kappa shape index (κ1) is 21.0. The molecule has 0 aliphatic carbocycles. The standard InChI is InChI=1S/C19H25F3N4O/c1-13(23-9-6-10-26-15(3)11-14(2)25-26)12-18(27)24-17-8-5-4-7-16(17)19(20,21)22/h4-5,7-8,11,13,23H,6,9-10,12H2,1-3H3,(H,24,27). The molecule has 0 aliphatic rings. The largest absolute Gasteiger partial charge is 0.418 e. The van der Waals surface area contributed by atoms with Gasteiger partial charge in [0.05, 0.1) is 16.9 Å². The number of halogens is 3. The minimum atomic E-state index is -4.50. The van der Waals surface area contributed by atoms with Crippen molar-refractivity contribution in [2.24, 2.45) is 0 Å². The van der Waals surface area contributed by atoms with Gasteiger partial charge in [-0.15, -0.1) is 0 Å². The summed E-state index contributed by atoms with van der Waals surface area (Å²) < 4.78 is 40.8. The van der Waals surface area contributed by atoms with Gasteiger partial charge in [0.25, 0.3) is 0 Å². The molecule has 148 valence electrons. The smallest absolute Gasteiger partial charge is 0.325 e. The Morgan fingerprint density at radius 1 is 1.26 bits per heavy atom. The number of alkyl halides is 3. The van der Waals surface area contributed by atoms with Crippen molar-refractivity contribution in [3.8, 4) is 0 Å². The minimum absolute atomic E-state index is 0.0894. The van der Waals surface area contributed by atoms with Crippen molar-refractivity contribution >= 4 is 11.6 Å². The van der Waals surface area contributed by atoms with E-state index in [9.17, 15) is 18.0 Å². The van der Waals surface area contributed by atoms with Gasteiger partial charge in [-0.2, -0.15) is 18.3 Å². The van der Waals surface area contributed by atoms with Crippen LogP contribution in [0.2, 0.25) is 0 Å². The van der Waals surface area contributed by atoms with E-state index in [1.165, 1.54) is 18.2 Å². The molecule has 1 aromatic carbocycles. The van der Waals surface area contributed by atoms with Crippen LogP contribution in [0.5, 0.6) is 0 Å². The van der Waals surface area contributed by atoms with Crippen LogP contribution in [-0.2, 0) is 17.5 Å². The molecule has 2 N–H and O–H groups in total. The fraction of sp³-hybridized carbons (Fsp3) is 0.474. The monoisotopic (exact) mass is 382 g/mol. The van der Waals surface area contributed by atoms with Crippen molar-refractivity contribution in [3.63, 3.8) is 0 Å².